The molecule has 0 bridgehead atoms. The van der Waals surface area contributed by atoms with Gasteiger partial charge in [0.2, 0.25) is 0 Å². The third kappa shape index (κ3) is 18.4. The van der Waals surface area contributed by atoms with E-state index in [4.69, 9.17) is 0 Å². The Bertz CT molecular complexity index is 1290. The SMILES string of the molecule is CCCCCCCCc1cc(CCCCCCCC)cc(C(=C(CCCC)C(=C=[N+]=[N-])CCCC)c2cc(CCCCC)cc(CCCCC)c2)c1. The van der Waals surface area contributed by atoms with E-state index in [1.807, 2.05) is 0 Å². The smallest absolute Gasteiger partial charge is 0.303 e. The van der Waals surface area contributed by atoms with Gasteiger partial charge in [0.1, 0.15) is 0 Å². The van der Waals surface area contributed by atoms with Crippen LogP contribution < -0.4 is 0 Å². The first-order valence-electron chi connectivity index (χ1n) is 22.5. The number of aryl methyl sites for hydroxylation is 4. The fraction of sp³-hybridized carbons (Fsp3) is 0.680. The molecule has 0 radical (unpaired) electrons. The molecule has 0 atom stereocenters. The van der Waals surface area contributed by atoms with Gasteiger partial charge in [0.05, 0.1) is 5.57 Å². The maximum atomic E-state index is 9.97. The summed E-state index contributed by atoms with van der Waals surface area (Å²) in [5, 5.41) is 0. The van der Waals surface area contributed by atoms with Crippen LogP contribution in [0.15, 0.2) is 47.5 Å². The molecule has 2 rings (SSSR count). The first kappa shape index (κ1) is 45.5. The van der Waals surface area contributed by atoms with Gasteiger partial charge in [-0.05, 0) is 122 Å². The molecule has 0 spiro atoms. The number of unbranched alkanes of at least 4 members (excludes halogenated alkanes) is 16. The number of hydrogen-bond donors (Lipinski definition) is 0. The van der Waals surface area contributed by atoms with Crippen molar-refractivity contribution >= 4 is 11.4 Å². The summed E-state index contributed by atoms with van der Waals surface area (Å²) < 4.78 is 0. The minimum absolute atomic E-state index is 0.894. The van der Waals surface area contributed by atoms with Gasteiger partial charge in [0, 0.05) is 0 Å². The molecule has 0 aliphatic carbocycles. The van der Waals surface area contributed by atoms with E-state index < -0.39 is 0 Å². The molecule has 2 nitrogen and oxygen atoms in total. The van der Waals surface area contributed by atoms with Gasteiger partial charge in [-0.3, -0.25) is 0 Å². The van der Waals surface area contributed by atoms with Crippen molar-refractivity contribution in [2.45, 2.75) is 221 Å². The Morgan fingerprint density at radius 1 is 0.423 bits per heavy atom. The molecule has 0 saturated carbocycles. The highest BCUT2D eigenvalue weighted by Crippen LogP contribution is 2.37. The highest BCUT2D eigenvalue weighted by molar-refractivity contribution is 5.87. The molecular formula is C50H80N2. The lowest BCUT2D eigenvalue weighted by Crippen LogP contribution is -2.04. The predicted molar refractivity (Wildman–Crippen MR) is 231 cm³/mol. The molecule has 0 N–H and O–H groups in total. The minimum Gasteiger partial charge on any atom is -0.348 e. The summed E-state index contributed by atoms with van der Waals surface area (Å²) >= 11 is 0. The molecule has 2 heteroatoms. The molecule has 2 aromatic rings. The fourth-order valence-corrected chi connectivity index (χ4v) is 7.75. The average molecular weight is 709 g/mol. The second kappa shape index (κ2) is 29.8. The van der Waals surface area contributed by atoms with Gasteiger partial charge in [0.15, 0.2) is 0 Å². The number of rotatable bonds is 31. The lowest BCUT2D eigenvalue weighted by Gasteiger charge is -2.21. The van der Waals surface area contributed by atoms with Crippen LogP contribution >= 0.6 is 0 Å². The van der Waals surface area contributed by atoms with E-state index in [0.29, 0.717) is 0 Å². The zero-order valence-corrected chi connectivity index (χ0v) is 35.2. The summed E-state index contributed by atoms with van der Waals surface area (Å²) in [6.07, 6.45) is 34.3. The van der Waals surface area contributed by atoms with Gasteiger partial charge in [0.25, 0.3) is 0 Å². The van der Waals surface area contributed by atoms with Crippen LogP contribution in [-0.4, -0.2) is 10.7 Å². The third-order valence-electron chi connectivity index (χ3n) is 10.9. The van der Waals surface area contributed by atoms with Gasteiger partial charge in [-0.1, -0.05) is 181 Å². The largest absolute Gasteiger partial charge is 0.348 e. The Morgan fingerprint density at radius 2 is 0.750 bits per heavy atom. The van der Waals surface area contributed by atoms with E-state index in [0.717, 1.165) is 69.8 Å². The van der Waals surface area contributed by atoms with E-state index in [9.17, 15) is 5.53 Å². The van der Waals surface area contributed by atoms with Crippen molar-refractivity contribution in [2.24, 2.45) is 0 Å². The summed E-state index contributed by atoms with van der Waals surface area (Å²) in [7, 11) is 0. The molecule has 52 heavy (non-hydrogen) atoms. The van der Waals surface area contributed by atoms with Crippen molar-refractivity contribution in [1.29, 1.82) is 0 Å². The monoisotopic (exact) mass is 709 g/mol. The summed E-state index contributed by atoms with van der Waals surface area (Å²) in [6.45, 7) is 13.8. The Kier molecular flexibility index (Phi) is 26.0. The van der Waals surface area contributed by atoms with Crippen molar-refractivity contribution < 1.29 is 4.79 Å². The maximum absolute atomic E-state index is 9.97. The van der Waals surface area contributed by atoms with E-state index >= 15 is 0 Å². The molecular weight excluding hydrogens is 629 g/mol. The lowest BCUT2D eigenvalue weighted by atomic mass is 9.82. The standard InChI is InChI=1S/C50H80N2/c1-7-13-19-21-23-27-31-44-36-45(32-28-24-22-20-14-8-2)40-48(39-44)50(49(34-18-12-6)46(41-52-51)33-17-11-5)47-37-42(29-25-15-9-3)35-43(38-47)30-26-16-10-4/h35-40H,7-34H2,1-6H3. The van der Waals surface area contributed by atoms with Crippen LogP contribution in [0.4, 0.5) is 0 Å². The molecule has 0 aliphatic heterocycles. The normalized spacial score (nSPS) is 11.7. The molecule has 0 unspecified atom stereocenters. The molecule has 2 aromatic carbocycles. The second-order valence-electron chi connectivity index (χ2n) is 15.8. The lowest BCUT2D eigenvalue weighted by molar-refractivity contribution is 0.00739. The van der Waals surface area contributed by atoms with E-state index in [1.54, 1.807) is 0 Å². The van der Waals surface area contributed by atoms with Crippen LogP contribution in [0.3, 0.4) is 0 Å². The van der Waals surface area contributed by atoms with Crippen LogP contribution in [0.2, 0.25) is 0 Å². The number of benzene rings is 2. The summed E-state index contributed by atoms with van der Waals surface area (Å²) in [5.41, 5.74) is 22.5. The van der Waals surface area contributed by atoms with Crippen molar-refractivity contribution in [3.63, 3.8) is 0 Å². The van der Waals surface area contributed by atoms with Crippen molar-refractivity contribution in [1.82, 2.24) is 0 Å². The molecule has 0 amide bonds. The van der Waals surface area contributed by atoms with Crippen molar-refractivity contribution in [3.8, 4) is 0 Å². The van der Waals surface area contributed by atoms with Crippen LogP contribution in [0.5, 0.6) is 0 Å². The maximum Gasteiger partial charge on any atom is 0.303 e. The molecule has 0 fully saturated rings. The average Bonchev–Trinajstić information content (AvgIpc) is 3.15. The molecule has 290 valence electrons. The predicted octanol–water partition coefficient (Wildman–Crippen LogP) is 16.0. The van der Waals surface area contributed by atoms with E-state index in [-0.39, 0.29) is 0 Å². The number of allylic oxidation sites excluding steroid dienone is 2. The highest BCUT2D eigenvalue weighted by atomic mass is 14.8. The topological polar surface area (TPSA) is 36.4 Å². The Labute approximate surface area is 323 Å². The van der Waals surface area contributed by atoms with Crippen molar-refractivity contribution in [2.75, 3.05) is 0 Å². The van der Waals surface area contributed by atoms with Gasteiger partial charge >= 0.3 is 5.87 Å². The quantitative estimate of drug-likeness (QED) is 0.0246. The molecule has 0 aromatic heterocycles. The van der Waals surface area contributed by atoms with Gasteiger partial charge in [-0.15, -0.1) is 4.79 Å². The second-order valence-corrected chi connectivity index (χ2v) is 15.8. The van der Waals surface area contributed by atoms with Crippen LogP contribution in [-0.2, 0) is 25.7 Å². The van der Waals surface area contributed by atoms with Gasteiger partial charge < -0.3 is 5.53 Å². The highest BCUT2D eigenvalue weighted by Gasteiger charge is 2.20. The zero-order chi connectivity index (χ0) is 37.7. The first-order valence-corrected chi connectivity index (χ1v) is 22.5. The summed E-state index contributed by atoms with van der Waals surface area (Å²) in [6, 6.07) is 15.2. The molecule has 0 heterocycles. The fourth-order valence-electron chi connectivity index (χ4n) is 7.75. The molecule has 0 saturated heterocycles. The Hall–Kier alpha value is -2.66. The zero-order valence-electron chi connectivity index (χ0n) is 35.2. The van der Waals surface area contributed by atoms with E-state index in [2.05, 4.69) is 88.6 Å². The first-order chi connectivity index (χ1) is 25.5. The minimum atomic E-state index is 0.894. The Balaban J connectivity index is 2.86. The summed E-state index contributed by atoms with van der Waals surface area (Å²) in [4.78, 5) is 3.58. The number of nitrogens with zero attached hydrogens (tertiary/aromatic N) is 2. The van der Waals surface area contributed by atoms with Crippen LogP contribution in [0.25, 0.3) is 11.1 Å². The molecule has 0 aliphatic rings. The third-order valence-corrected chi connectivity index (χ3v) is 10.9. The van der Waals surface area contributed by atoms with Crippen LogP contribution in [0.1, 0.15) is 229 Å². The Morgan fingerprint density at radius 3 is 1.13 bits per heavy atom. The van der Waals surface area contributed by atoms with Gasteiger partial charge in [-0.25, -0.2) is 0 Å². The summed E-state index contributed by atoms with van der Waals surface area (Å²) in [5.74, 6) is 3.15. The van der Waals surface area contributed by atoms with Gasteiger partial charge in [-0.2, -0.15) is 0 Å². The van der Waals surface area contributed by atoms with E-state index in [1.165, 1.54) is 160 Å². The van der Waals surface area contributed by atoms with Crippen LogP contribution in [0, 0.1) is 0 Å². The van der Waals surface area contributed by atoms with Crippen molar-refractivity contribution in [3.05, 3.63) is 86.5 Å². The number of hydrogen-bond acceptors (Lipinski definition) is 0.